The SMILES string of the molecule is Cc1c(C(=O)OC2CCCCC2)sc2ncn(CC(=O)Nc3cc(C(F)(F)F)ccc3Cl)c(=O)c12. The number of esters is 1. The Morgan fingerprint density at radius 3 is 2.66 bits per heavy atom. The van der Waals surface area contributed by atoms with E-state index in [4.69, 9.17) is 16.3 Å². The fourth-order valence-electron chi connectivity index (χ4n) is 4.00. The van der Waals surface area contributed by atoms with Gasteiger partial charge in [-0.15, -0.1) is 11.3 Å². The van der Waals surface area contributed by atoms with E-state index in [1.807, 2.05) is 0 Å². The number of carbonyl (C=O) groups is 2. The summed E-state index contributed by atoms with van der Waals surface area (Å²) in [6.45, 7) is 1.11. The van der Waals surface area contributed by atoms with Gasteiger partial charge in [-0.3, -0.25) is 14.2 Å². The molecular weight excluding hydrogens is 507 g/mol. The van der Waals surface area contributed by atoms with E-state index in [2.05, 4.69) is 10.3 Å². The summed E-state index contributed by atoms with van der Waals surface area (Å²) in [5, 5.41) is 2.41. The van der Waals surface area contributed by atoms with Gasteiger partial charge < -0.3 is 10.1 Å². The maximum Gasteiger partial charge on any atom is 0.416 e. The Balaban J connectivity index is 1.54. The predicted molar refractivity (Wildman–Crippen MR) is 126 cm³/mol. The lowest BCUT2D eigenvalue weighted by atomic mass is 9.98. The third-order valence-electron chi connectivity index (χ3n) is 5.81. The smallest absolute Gasteiger partial charge is 0.416 e. The van der Waals surface area contributed by atoms with Gasteiger partial charge >= 0.3 is 12.1 Å². The molecule has 0 saturated heterocycles. The van der Waals surface area contributed by atoms with Crippen LogP contribution >= 0.6 is 22.9 Å². The van der Waals surface area contributed by atoms with Crippen LogP contribution in [0.4, 0.5) is 18.9 Å². The van der Waals surface area contributed by atoms with Gasteiger partial charge in [0, 0.05) is 0 Å². The zero-order valence-electron chi connectivity index (χ0n) is 18.6. The number of ether oxygens (including phenoxy) is 1. The maximum absolute atomic E-state index is 13.0. The highest BCUT2D eigenvalue weighted by atomic mass is 35.5. The van der Waals surface area contributed by atoms with Crippen molar-refractivity contribution in [1.29, 1.82) is 0 Å². The standard InChI is InChI=1S/C23H21ClF3N3O4S/c1-12-18-20(35-19(12)22(33)34-14-5-3-2-4-6-14)28-11-30(21(18)32)10-17(31)29-16-9-13(23(25,26)27)7-8-15(16)24/h7-9,11,14H,2-6,10H2,1H3,(H,29,31). The van der Waals surface area contributed by atoms with Crippen LogP contribution in [0.2, 0.25) is 5.02 Å². The van der Waals surface area contributed by atoms with Gasteiger partial charge in [0.1, 0.15) is 22.4 Å². The lowest BCUT2D eigenvalue weighted by Gasteiger charge is -2.21. The number of carbonyl (C=O) groups excluding carboxylic acids is 2. The molecule has 0 bridgehead atoms. The summed E-state index contributed by atoms with van der Waals surface area (Å²) < 4.78 is 45.5. The monoisotopic (exact) mass is 527 g/mol. The van der Waals surface area contributed by atoms with Crippen LogP contribution in [0.15, 0.2) is 29.3 Å². The number of hydrogen-bond acceptors (Lipinski definition) is 6. The molecule has 35 heavy (non-hydrogen) atoms. The molecule has 0 atom stereocenters. The van der Waals surface area contributed by atoms with Crippen molar-refractivity contribution in [3.05, 3.63) is 55.9 Å². The van der Waals surface area contributed by atoms with Crippen molar-refractivity contribution in [3.63, 3.8) is 0 Å². The van der Waals surface area contributed by atoms with Crippen LogP contribution in [-0.4, -0.2) is 27.5 Å². The topological polar surface area (TPSA) is 90.3 Å². The summed E-state index contributed by atoms with van der Waals surface area (Å²) in [6.07, 6.45) is 1.15. The largest absolute Gasteiger partial charge is 0.458 e. The molecule has 1 fully saturated rings. The van der Waals surface area contributed by atoms with Crippen molar-refractivity contribution in [2.75, 3.05) is 5.32 Å². The number of anilines is 1. The van der Waals surface area contributed by atoms with Crippen LogP contribution in [0, 0.1) is 6.92 Å². The summed E-state index contributed by atoms with van der Waals surface area (Å²) in [7, 11) is 0. The predicted octanol–water partition coefficient (Wildman–Crippen LogP) is 5.57. The Bertz CT molecular complexity index is 1350. The molecule has 2 aromatic heterocycles. The van der Waals surface area contributed by atoms with Gasteiger partial charge in [0.2, 0.25) is 5.91 Å². The second kappa shape index (κ2) is 9.98. The van der Waals surface area contributed by atoms with E-state index in [0.29, 0.717) is 10.4 Å². The fraction of sp³-hybridized carbons (Fsp3) is 0.391. The third kappa shape index (κ3) is 5.51. The molecule has 1 aliphatic carbocycles. The Morgan fingerprint density at radius 2 is 1.97 bits per heavy atom. The summed E-state index contributed by atoms with van der Waals surface area (Å²) in [5.41, 5.74) is -1.34. The summed E-state index contributed by atoms with van der Waals surface area (Å²) >= 11 is 6.97. The first-order valence-corrected chi connectivity index (χ1v) is 12.1. The second-order valence-corrected chi connectivity index (χ2v) is 9.73. The number of nitrogens with one attached hydrogen (secondary N) is 1. The van der Waals surface area contributed by atoms with Crippen molar-refractivity contribution in [2.45, 2.75) is 57.9 Å². The molecule has 1 saturated carbocycles. The molecule has 1 amide bonds. The van der Waals surface area contributed by atoms with E-state index < -0.39 is 35.7 Å². The van der Waals surface area contributed by atoms with Gasteiger partial charge in [-0.05, 0) is 56.4 Å². The van der Waals surface area contributed by atoms with E-state index in [1.165, 1.54) is 0 Å². The molecular formula is C23H21ClF3N3O4S. The molecule has 0 radical (unpaired) electrons. The van der Waals surface area contributed by atoms with Crippen molar-refractivity contribution < 1.29 is 27.5 Å². The number of halogens is 4. The minimum atomic E-state index is -4.61. The Labute approximate surface area is 206 Å². The van der Waals surface area contributed by atoms with Gasteiger partial charge in [-0.1, -0.05) is 18.0 Å². The number of aromatic nitrogens is 2. The first-order valence-electron chi connectivity index (χ1n) is 10.9. The molecule has 12 heteroatoms. The number of aryl methyl sites for hydroxylation is 1. The quantitative estimate of drug-likeness (QED) is 0.438. The van der Waals surface area contributed by atoms with Crippen LogP contribution in [0.5, 0.6) is 0 Å². The Kier molecular flexibility index (Phi) is 7.18. The zero-order chi connectivity index (χ0) is 25.3. The number of amides is 1. The van der Waals surface area contributed by atoms with Crippen molar-refractivity contribution in [1.82, 2.24) is 9.55 Å². The van der Waals surface area contributed by atoms with E-state index in [9.17, 15) is 27.6 Å². The normalized spacial score (nSPS) is 14.8. The van der Waals surface area contributed by atoms with Crippen molar-refractivity contribution in [3.8, 4) is 0 Å². The average Bonchev–Trinajstić information content (AvgIpc) is 3.14. The van der Waals surface area contributed by atoms with Crippen molar-refractivity contribution >= 4 is 50.7 Å². The zero-order valence-corrected chi connectivity index (χ0v) is 20.1. The van der Waals surface area contributed by atoms with Crippen LogP contribution in [0.25, 0.3) is 10.2 Å². The highest BCUT2D eigenvalue weighted by Crippen LogP contribution is 2.34. The first kappa shape index (κ1) is 25.2. The lowest BCUT2D eigenvalue weighted by Crippen LogP contribution is -2.28. The number of fused-ring (bicyclic) bond motifs is 1. The minimum absolute atomic E-state index is 0.0814. The molecule has 0 aliphatic heterocycles. The molecule has 4 rings (SSSR count). The van der Waals surface area contributed by atoms with Gasteiger partial charge in [0.15, 0.2) is 0 Å². The molecule has 3 aromatic rings. The van der Waals surface area contributed by atoms with Gasteiger partial charge in [-0.25, -0.2) is 9.78 Å². The Morgan fingerprint density at radius 1 is 1.26 bits per heavy atom. The van der Waals surface area contributed by atoms with Crippen LogP contribution in [0.1, 0.15) is 52.9 Å². The van der Waals surface area contributed by atoms with Crippen molar-refractivity contribution in [2.24, 2.45) is 0 Å². The average molecular weight is 528 g/mol. The number of hydrogen-bond donors (Lipinski definition) is 1. The molecule has 7 nitrogen and oxygen atoms in total. The number of alkyl halides is 3. The van der Waals surface area contributed by atoms with Gasteiger partial charge in [0.05, 0.1) is 28.0 Å². The highest BCUT2D eigenvalue weighted by Gasteiger charge is 2.31. The minimum Gasteiger partial charge on any atom is -0.458 e. The summed E-state index contributed by atoms with van der Waals surface area (Å²) in [5.74, 6) is -1.26. The molecule has 1 aliphatic rings. The van der Waals surface area contributed by atoms with Crippen LogP contribution in [-0.2, 0) is 22.3 Å². The Hall–Kier alpha value is -2.92. The fourth-order valence-corrected chi connectivity index (χ4v) is 5.18. The van der Waals surface area contributed by atoms with E-state index in [0.717, 1.165) is 72.5 Å². The molecule has 0 spiro atoms. The highest BCUT2D eigenvalue weighted by molar-refractivity contribution is 7.20. The van der Waals surface area contributed by atoms with E-state index >= 15 is 0 Å². The maximum atomic E-state index is 13.0. The lowest BCUT2D eigenvalue weighted by molar-refractivity contribution is -0.137. The first-order chi connectivity index (χ1) is 16.5. The van der Waals surface area contributed by atoms with Crippen LogP contribution < -0.4 is 10.9 Å². The number of thiophene rings is 1. The van der Waals surface area contributed by atoms with Gasteiger partial charge in [-0.2, -0.15) is 13.2 Å². The van der Waals surface area contributed by atoms with Gasteiger partial charge in [0.25, 0.3) is 5.56 Å². The van der Waals surface area contributed by atoms with Crippen LogP contribution in [0.3, 0.4) is 0 Å². The molecule has 1 aromatic carbocycles. The van der Waals surface area contributed by atoms with E-state index in [-0.39, 0.29) is 27.1 Å². The molecule has 186 valence electrons. The third-order valence-corrected chi connectivity index (χ3v) is 7.32. The molecule has 1 N–H and O–H groups in total. The molecule has 0 unspecified atom stereocenters. The molecule has 2 heterocycles. The second-order valence-electron chi connectivity index (χ2n) is 8.32. The summed E-state index contributed by atoms with van der Waals surface area (Å²) in [4.78, 5) is 43.1. The number of rotatable bonds is 5. The number of nitrogens with zero attached hydrogens (tertiary/aromatic N) is 2. The summed E-state index contributed by atoms with van der Waals surface area (Å²) in [6, 6.07) is 2.55. The van der Waals surface area contributed by atoms with E-state index in [1.54, 1.807) is 6.92 Å². The number of benzene rings is 1.